The normalized spacial score (nSPS) is 11.5. The van der Waals surface area contributed by atoms with Gasteiger partial charge in [-0.05, 0) is 42.3 Å². The highest BCUT2D eigenvalue weighted by Gasteiger charge is 2.15. The molecule has 0 atom stereocenters. The third kappa shape index (κ3) is 2.52. The Morgan fingerprint density at radius 3 is 2.67 bits per heavy atom. The van der Waals surface area contributed by atoms with Gasteiger partial charge in [0, 0.05) is 41.3 Å². The minimum atomic E-state index is 0.749. The predicted octanol–water partition coefficient (Wildman–Crippen LogP) is 4.87. The highest BCUT2D eigenvalue weighted by Crippen LogP contribution is 2.33. The van der Waals surface area contributed by atoms with Gasteiger partial charge in [-0.15, -0.1) is 0 Å². The van der Waals surface area contributed by atoms with Crippen molar-refractivity contribution in [3.63, 3.8) is 0 Å². The third-order valence-electron chi connectivity index (χ3n) is 5.46. The van der Waals surface area contributed by atoms with Crippen molar-refractivity contribution in [1.29, 1.82) is 0 Å². The van der Waals surface area contributed by atoms with Gasteiger partial charge in [0.25, 0.3) is 0 Å². The zero-order valence-electron chi connectivity index (χ0n) is 16.1. The molecule has 0 amide bonds. The standard InChI is InChI=1S/C23H17N7/c1-13-16(11-24-12-17(13)22-25-8-9-26-22)14-6-7-18-15(10-14)21(30-29-18)23-27-19-4-2-3-5-20(19)28-23/h2-12H,1H3,(H,25,26)(H,27,28)(H,29,30). The van der Waals surface area contributed by atoms with Crippen LogP contribution in [0.15, 0.2) is 67.3 Å². The maximum atomic E-state index is 4.71. The van der Waals surface area contributed by atoms with Crippen LogP contribution in [-0.4, -0.2) is 35.1 Å². The van der Waals surface area contributed by atoms with Crippen LogP contribution in [0.4, 0.5) is 0 Å². The lowest BCUT2D eigenvalue weighted by Gasteiger charge is -2.10. The highest BCUT2D eigenvalue weighted by atomic mass is 15.1. The molecule has 0 aliphatic rings. The smallest absolute Gasteiger partial charge is 0.159 e. The van der Waals surface area contributed by atoms with Crippen LogP contribution in [0.3, 0.4) is 0 Å². The molecule has 0 saturated carbocycles. The Morgan fingerprint density at radius 2 is 1.80 bits per heavy atom. The highest BCUT2D eigenvalue weighted by molar-refractivity contribution is 5.96. The van der Waals surface area contributed by atoms with Gasteiger partial charge in [-0.2, -0.15) is 5.10 Å². The van der Waals surface area contributed by atoms with Crippen molar-refractivity contribution in [2.45, 2.75) is 6.92 Å². The van der Waals surface area contributed by atoms with Crippen LogP contribution in [0.25, 0.3) is 56.0 Å². The molecule has 2 aromatic carbocycles. The quantitative estimate of drug-likeness (QED) is 0.401. The number of para-hydroxylation sites is 2. The van der Waals surface area contributed by atoms with Gasteiger partial charge in [0.1, 0.15) is 11.5 Å². The van der Waals surface area contributed by atoms with Crippen molar-refractivity contribution >= 4 is 21.9 Å². The van der Waals surface area contributed by atoms with Crippen molar-refractivity contribution in [3.8, 4) is 34.0 Å². The first kappa shape index (κ1) is 16.7. The second kappa shape index (κ2) is 6.38. The van der Waals surface area contributed by atoms with Gasteiger partial charge in [0.2, 0.25) is 0 Å². The molecule has 0 spiro atoms. The van der Waals surface area contributed by atoms with E-state index < -0.39 is 0 Å². The number of rotatable bonds is 3. The van der Waals surface area contributed by atoms with Crippen molar-refractivity contribution in [2.24, 2.45) is 0 Å². The number of benzene rings is 2. The molecule has 0 aliphatic heterocycles. The fraction of sp³-hybridized carbons (Fsp3) is 0.0435. The third-order valence-corrected chi connectivity index (χ3v) is 5.46. The predicted molar refractivity (Wildman–Crippen MR) is 117 cm³/mol. The summed E-state index contributed by atoms with van der Waals surface area (Å²) in [4.78, 5) is 20.1. The molecule has 0 aliphatic carbocycles. The summed E-state index contributed by atoms with van der Waals surface area (Å²) < 4.78 is 0. The van der Waals surface area contributed by atoms with E-state index in [1.165, 1.54) is 0 Å². The van der Waals surface area contributed by atoms with E-state index in [0.29, 0.717) is 0 Å². The van der Waals surface area contributed by atoms with Gasteiger partial charge >= 0.3 is 0 Å². The lowest BCUT2D eigenvalue weighted by Crippen LogP contribution is -1.92. The van der Waals surface area contributed by atoms with E-state index in [2.05, 4.69) is 49.2 Å². The van der Waals surface area contributed by atoms with Crippen molar-refractivity contribution in [2.75, 3.05) is 0 Å². The molecule has 0 fully saturated rings. The van der Waals surface area contributed by atoms with E-state index in [0.717, 1.165) is 61.5 Å². The first-order valence-electron chi connectivity index (χ1n) is 9.66. The number of hydrogen-bond acceptors (Lipinski definition) is 4. The summed E-state index contributed by atoms with van der Waals surface area (Å²) in [5.41, 5.74) is 7.91. The molecule has 144 valence electrons. The second-order valence-corrected chi connectivity index (χ2v) is 7.23. The van der Waals surface area contributed by atoms with Crippen molar-refractivity contribution < 1.29 is 0 Å². The number of nitrogens with one attached hydrogen (secondary N) is 3. The summed E-state index contributed by atoms with van der Waals surface area (Å²) in [7, 11) is 0. The topological polar surface area (TPSA) is 98.9 Å². The summed E-state index contributed by atoms with van der Waals surface area (Å²) in [5.74, 6) is 1.56. The van der Waals surface area contributed by atoms with E-state index in [9.17, 15) is 0 Å². The fourth-order valence-corrected chi connectivity index (χ4v) is 3.89. The number of fused-ring (bicyclic) bond motifs is 2. The summed E-state index contributed by atoms with van der Waals surface area (Å²) >= 11 is 0. The number of imidazole rings is 2. The zero-order chi connectivity index (χ0) is 20.1. The van der Waals surface area contributed by atoms with Gasteiger partial charge < -0.3 is 9.97 Å². The van der Waals surface area contributed by atoms with Crippen LogP contribution >= 0.6 is 0 Å². The van der Waals surface area contributed by atoms with E-state index in [-0.39, 0.29) is 0 Å². The first-order chi connectivity index (χ1) is 14.8. The molecule has 4 aromatic heterocycles. The number of hydrogen-bond donors (Lipinski definition) is 3. The lowest BCUT2D eigenvalue weighted by molar-refractivity contribution is 1.11. The van der Waals surface area contributed by atoms with Crippen molar-refractivity contribution in [1.82, 2.24) is 35.1 Å². The lowest BCUT2D eigenvalue weighted by atomic mass is 9.97. The molecule has 0 radical (unpaired) electrons. The molecule has 0 saturated heterocycles. The SMILES string of the molecule is Cc1c(-c2ccc3[nH]nc(-c4nc5ccccc5[nH]4)c3c2)cncc1-c1ncc[nH]1. The maximum absolute atomic E-state index is 4.71. The Labute approximate surface area is 171 Å². The Bertz CT molecular complexity index is 1470. The number of nitrogens with zero attached hydrogens (tertiary/aromatic N) is 4. The molecule has 6 rings (SSSR count). The number of aromatic nitrogens is 7. The average molecular weight is 391 g/mol. The van der Waals surface area contributed by atoms with Crippen LogP contribution in [0.1, 0.15) is 5.56 Å². The largest absolute Gasteiger partial charge is 0.345 e. The van der Waals surface area contributed by atoms with Gasteiger partial charge in [-0.1, -0.05) is 18.2 Å². The van der Waals surface area contributed by atoms with Gasteiger partial charge in [-0.3, -0.25) is 10.1 Å². The van der Waals surface area contributed by atoms with Crippen LogP contribution in [0.5, 0.6) is 0 Å². The summed E-state index contributed by atoms with van der Waals surface area (Å²) in [6.07, 6.45) is 7.30. The zero-order valence-corrected chi connectivity index (χ0v) is 16.1. The molecule has 4 heterocycles. The molecule has 7 nitrogen and oxygen atoms in total. The van der Waals surface area contributed by atoms with Crippen LogP contribution in [-0.2, 0) is 0 Å². The van der Waals surface area contributed by atoms with Gasteiger partial charge in [0.05, 0.1) is 16.6 Å². The Morgan fingerprint density at radius 1 is 0.900 bits per heavy atom. The Kier molecular flexibility index (Phi) is 3.55. The van der Waals surface area contributed by atoms with E-state index in [1.807, 2.05) is 48.9 Å². The van der Waals surface area contributed by atoms with Crippen LogP contribution in [0.2, 0.25) is 0 Å². The molecular formula is C23H17N7. The van der Waals surface area contributed by atoms with E-state index in [4.69, 9.17) is 4.98 Å². The second-order valence-electron chi connectivity index (χ2n) is 7.23. The molecule has 30 heavy (non-hydrogen) atoms. The average Bonchev–Trinajstić information content (AvgIpc) is 3.52. The van der Waals surface area contributed by atoms with E-state index in [1.54, 1.807) is 6.20 Å². The van der Waals surface area contributed by atoms with Crippen molar-refractivity contribution in [3.05, 3.63) is 72.8 Å². The summed E-state index contributed by atoms with van der Waals surface area (Å²) in [6.45, 7) is 2.09. The molecular weight excluding hydrogens is 374 g/mol. The first-order valence-corrected chi connectivity index (χ1v) is 9.66. The number of H-pyrrole nitrogens is 3. The minimum absolute atomic E-state index is 0.749. The molecule has 6 aromatic rings. The monoisotopic (exact) mass is 391 g/mol. The Balaban J connectivity index is 1.51. The summed E-state index contributed by atoms with van der Waals surface area (Å²) in [6, 6.07) is 14.2. The number of pyridine rings is 1. The van der Waals surface area contributed by atoms with Gasteiger partial charge in [0.15, 0.2) is 5.82 Å². The Hall–Kier alpha value is -4.26. The minimum Gasteiger partial charge on any atom is -0.345 e. The van der Waals surface area contributed by atoms with E-state index >= 15 is 0 Å². The van der Waals surface area contributed by atoms with Crippen LogP contribution < -0.4 is 0 Å². The maximum Gasteiger partial charge on any atom is 0.159 e. The molecule has 3 N–H and O–H groups in total. The van der Waals surface area contributed by atoms with Crippen LogP contribution in [0, 0.1) is 6.92 Å². The molecule has 7 heteroatoms. The fourth-order valence-electron chi connectivity index (χ4n) is 3.89. The number of aromatic amines is 3. The van der Waals surface area contributed by atoms with Gasteiger partial charge in [-0.25, -0.2) is 9.97 Å². The molecule has 0 bridgehead atoms. The molecule has 0 unspecified atom stereocenters. The summed E-state index contributed by atoms with van der Waals surface area (Å²) in [5, 5.41) is 8.65.